The second kappa shape index (κ2) is 2.91. The van der Waals surface area contributed by atoms with Gasteiger partial charge in [0.25, 0.3) is 0 Å². The van der Waals surface area contributed by atoms with Gasteiger partial charge >= 0.3 is 0 Å². The summed E-state index contributed by atoms with van der Waals surface area (Å²) in [5.41, 5.74) is 1.70. The van der Waals surface area contributed by atoms with Crippen LogP contribution in [0.1, 0.15) is 65.7 Å². The molecule has 1 spiro atoms. The smallest absolute Gasteiger partial charge is 0.132 e. The summed E-state index contributed by atoms with van der Waals surface area (Å²) < 4.78 is 0. The van der Waals surface area contributed by atoms with Crippen LogP contribution < -0.4 is 0 Å². The third-order valence-electron chi connectivity index (χ3n) is 6.55. The second-order valence-electron chi connectivity index (χ2n) is 7.28. The molecule has 3 rings (SSSR count). The number of ketones is 1. The van der Waals surface area contributed by atoms with Gasteiger partial charge in [-0.1, -0.05) is 20.3 Å². The lowest BCUT2D eigenvalue weighted by atomic mass is 9.54. The molecule has 1 nitrogen and oxygen atoms in total. The molecule has 16 heavy (non-hydrogen) atoms. The maximum atomic E-state index is 11.6. The van der Waals surface area contributed by atoms with Crippen LogP contribution >= 0.6 is 0 Å². The van der Waals surface area contributed by atoms with Crippen LogP contribution in [0.5, 0.6) is 0 Å². The molecular formula is C15H24O. The SMILES string of the molecule is CC(=O)[C@H]1CC[C@@]2(C)CCCC3(C)C[C@]32C1. The van der Waals surface area contributed by atoms with Gasteiger partial charge < -0.3 is 0 Å². The van der Waals surface area contributed by atoms with E-state index in [1.165, 1.54) is 38.5 Å². The van der Waals surface area contributed by atoms with Gasteiger partial charge in [0.05, 0.1) is 0 Å². The fraction of sp³-hybridized carbons (Fsp3) is 0.933. The molecule has 0 aromatic rings. The lowest BCUT2D eigenvalue weighted by molar-refractivity contribution is -0.125. The summed E-state index contributed by atoms with van der Waals surface area (Å²) in [6.07, 6.45) is 9.30. The molecule has 3 fully saturated rings. The van der Waals surface area contributed by atoms with Crippen molar-refractivity contribution in [2.24, 2.45) is 22.2 Å². The van der Waals surface area contributed by atoms with E-state index >= 15 is 0 Å². The predicted octanol–water partition coefficient (Wildman–Crippen LogP) is 3.96. The summed E-state index contributed by atoms with van der Waals surface area (Å²) in [4.78, 5) is 11.6. The summed E-state index contributed by atoms with van der Waals surface area (Å²) in [5, 5.41) is 0. The molecule has 3 aliphatic rings. The van der Waals surface area contributed by atoms with E-state index in [0.717, 1.165) is 6.42 Å². The van der Waals surface area contributed by atoms with E-state index in [1.807, 2.05) is 0 Å². The third kappa shape index (κ3) is 1.10. The molecule has 0 amide bonds. The minimum absolute atomic E-state index is 0.382. The van der Waals surface area contributed by atoms with Crippen molar-refractivity contribution in [3.63, 3.8) is 0 Å². The van der Waals surface area contributed by atoms with Crippen LogP contribution in [0.3, 0.4) is 0 Å². The molecular weight excluding hydrogens is 196 g/mol. The highest BCUT2D eigenvalue weighted by atomic mass is 16.1. The van der Waals surface area contributed by atoms with Gasteiger partial charge in [-0.2, -0.15) is 0 Å². The first-order chi connectivity index (χ1) is 7.43. The van der Waals surface area contributed by atoms with Gasteiger partial charge in [-0.15, -0.1) is 0 Å². The van der Waals surface area contributed by atoms with Gasteiger partial charge in [0.1, 0.15) is 5.78 Å². The van der Waals surface area contributed by atoms with Crippen molar-refractivity contribution in [3.8, 4) is 0 Å². The second-order valence-corrected chi connectivity index (χ2v) is 7.28. The molecule has 1 heteroatoms. The van der Waals surface area contributed by atoms with Gasteiger partial charge in [-0.05, 0) is 61.7 Å². The van der Waals surface area contributed by atoms with Crippen molar-refractivity contribution in [2.45, 2.75) is 65.7 Å². The molecule has 3 aliphatic carbocycles. The highest BCUT2D eigenvalue weighted by Gasteiger charge is 2.73. The number of carbonyl (C=O) groups is 1. The largest absolute Gasteiger partial charge is 0.300 e. The van der Waals surface area contributed by atoms with Crippen LogP contribution in [0.4, 0.5) is 0 Å². The molecule has 0 radical (unpaired) electrons. The molecule has 0 bridgehead atoms. The molecule has 1 unspecified atom stereocenters. The van der Waals surface area contributed by atoms with Crippen LogP contribution in [0, 0.1) is 22.2 Å². The van der Waals surface area contributed by atoms with Gasteiger partial charge in [0.2, 0.25) is 0 Å². The monoisotopic (exact) mass is 220 g/mol. The maximum absolute atomic E-state index is 11.6. The molecule has 0 heterocycles. The van der Waals surface area contributed by atoms with Crippen molar-refractivity contribution in [2.75, 3.05) is 0 Å². The maximum Gasteiger partial charge on any atom is 0.132 e. The summed E-state index contributed by atoms with van der Waals surface area (Å²) in [7, 11) is 0. The van der Waals surface area contributed by atoms with Crippen LogP contribution in [-0.2, 0) is 4.79 Å². The summed E-state index contributed by atoms with van der Waals surface area (Å²) in [6.45, 7) is 6.78. The standard InChI is InChI=1S/C15H24O/c1-11(16)12-5-8-13(2)6-4-7-14(3)10-15(13,14)9-12/h12H,4-10H2,1-3H3/t12-,13+,14?,15-/m0/s1. The zero-order valence-electron chi connectivity index (χ0n) is 10.9. The minimum atomic E-state index is 0.382. The van der Waals surface area contributed by atoms with Crippen LogP contribution in [0.2, 0.25) is 0 Å². The number of rotatable bonds is 1. The van der Waals surface area contributed by atoms with E-state index in [0.29, 0.717) is 27.9 Å². The van der Waals surface area contributed by atoms with Gasteiger partial charge in [-0.25, -0.2) is 0 Å². The first-order valence-electron chi connectivity index (χ1n) is 6.93. The number of hydrogen-bond donors (Lipinski definition) is 0. The molecule has 4 atom stereocenters. The molecule has 3 saturated carbocycles. The van der Waals surface area contributed by atoms with Crippen molar-refractivity contribution >= 4 is 5.78 Å². The molecule has 0 aliphatic heterocycles. The Morgan fingerprint density at radius 1 is 1.12 bits per heavy atom. The van der Waals surface area contributed by atoms with Crippen LogP contribution in [-0.4, -0.2) is 5.78 Å². The van der Waals surface area contributed by atoms with Gasteiger partial charge in [0, 0.05) is 5.92 Å². The summed E-state index contributed by atoms with van der Waals surface area (Å²) in [5.74, 6) is 0.823. The Kier molecular flexibility index (Phi) is 1.97. The van der Waals surface area contributed by atoms with E-state index in [-0.39, 0.29) is 0 Å². The Morgan fingerprint density at radius 2 is 1.81 bits per heavy atom. The lowest BCUT2D eigenvalue weighted by Gasteiger charge is -2.50. The Labute approximate surface area is 99.0 Å². The lowest BCUT2D eigenvalue weighted by Crippen LogP contribution is -2.43. The Bertz CT molecular complexity index is 347. The zero-order chi connectivity index (χ0) is 11.6. The molecule has 0 N–H and O–H groups in total. The Balaban J connectivity index is 1.92. The van der Waals surface area contributed by atoms with Crippen molar-refractivity contribution in [1.82, 2.24) is 0 Å². The minimum Gasteiger partial charge on any atom is -0.300 e. The quantitative estimate of drug-likeness (QED) is 0.653. The normalized spacial score (nSPS) is 55.1. The highest BCUT2D eigenvalue weighted by molar-refractivity contribution is 5.78. The molecule has 0 saturated heterocycles. The number of hydrogen-bond acceptors (Lipinski definition) is 1. The van der Waals surface area contributed by atoms with Gasteiger partial charge in [-0.3, -0.25) is 4.79 Å². The summed E-state index contributed by atoms with van der Waals surface area (Å²) >= 11 is 0. The van der Waals surface area contributed by atoms with E-state index in [9.17, 15) is 4.79 Å². The first-order valence-corrected chi connectivity index (χ1v) is 6.93. The van der Waals surface area contributed by atoms with Crippen LogP contribution in [0.25, 0.3) is 0 Å². The average Bonchev–Trinajstić information content (AvgIpc) is 2.80. The van der Waals surface area contributed by atoms with Gasteiger partial charge in [0.15, 0.2) is 0 Å². The average molecular weight is 220 g/mol. The third-order valence-corrected chi connectivity index (χ3v) is 6.55. The fourth-order valence-corrected chi connectivity index (χ4v) is 5.29. The van der Waals surface area contributed by atoms with Crippen LogP contribution in [0.15, 0.2) is 0 Å². The highest BCUT2D eigenvalue weighted by Crippen LogP contribution is 2.82. The Hall–Kier alpha value is -0.330. The molecule has 90 valence electrons. The van der Waals surface area contributed by atoms with Crippen molar-refractivity contribution in [3.05, 3.63) is 0 Å². The zero-order valence-corrected chi connectivity index (χ0v) is 10.9. The molecule has 0 aromatic carbocycles. The number of carbonyl (C=O) groups excluding carboxylic acids is 1. The summed E-state index contributed by atoms with van der Waals surface area (Å²) in [6, 6.07) is 0. The van der Waals surface area contributed by atoms with E-state index in [2.05, 4.69) is 13.8 Å². The molecule has 0 aromatic heterocycles. The topological polar surface area (TPSA) is 17.1 Å². The van der Waals surface area contributed by atoms with Crippen molar-refractivity contribution < 1.29 is 4.79 Å². The Morgan fingerprint density at radius 3 is 2.50 bits per heavy atom. The van der Waals surface area contributed by atoms with E-state index in [4.69, 9.17) is 0 Å². The first kappa shape index (κ1) is 10.8. The number of Topliss-reactive ketones (excluding diaryl/α,β-unsaturated/α-hetero) is 1. The van der Waals surface area contributed by atoms with Crippen molar-refractivity contribution in [1.29, 1.82) is 0 Å². The fourth-order valence-electron chi connectivity index (χ4n) is 5.29. The van der Waals surface area contributed by atoms with E-state index < -0.39 is 0 Å². The predicted molar refractivity (Wildman–Crippen MR) is 65.1 cm³/mol. The van der Waals surface area contributed by atoms with E-state index in [1.54, 1.807) is 6.92 Å².